The largest absolute Gasteiger partial charge is 0.459 e. The maximum atomic E-state index is 12.3. The van der Waals surface area contributed by atoms with Gasteiger partial charge in [0, 0.05) is 0 Å². The number of esters is 2. The number of ether oxygens (including phenoxy) is 4. The van der Waals surface area contributed by atoms with Gasteiger partial charge in [-0.2, -0.15) is 0 Å². The van der Waals surface area contributed by atoms with Crippen molar-refractivity contribution in [2.75, 3.05) is 26.4 Å². The van der Waals surface area contributed by atoms with Gasteiger partial charge in [0.15, 0.2) is 0 Å². The van der Waals surface area contributed by atoms with Gasteiger partial charge in [0.1, 0.15) is 25.4 Å². The van der Waals surface area contributed by atoms with E-state index in [2.05, 4.69) is 0 Å². The fourth-order valence-electron chi connectivity index (χ4n) is 1.83. The van der Waals surface area contributed by atoms with Gasteiger partial charge >= 0.3 is 11.9 Å². The van der Waals surface area contributed by atoms with Gasteiger partial charge in [-0.1, -0.05) is 46.4 Å². The van der Waals surface area contributed by atoms with Crippen LogP contribution >= 0.6 is 46.4 Å². The Hall–Kier alpha value is -0.760. The summed E-state index contributed by atoms with van der Waals surface area (Å²) in [5, 5.41) is -0.773. The van der Waals surface area contributed by atoms with E-state index in [9.17, 15) is 9.59 Å². The lowest BCUT2D eigenvalue weighted by molar-refractivity contribution is 0.0431. The topological polar surface area (TPSA) is 77.7 Å². The molecule has 0 spiro atoms. The minimum absolute atomic E-state index is 0.0252. The zero-order valence-electron chi connectivity index (χ0n) is 11.9. The molecule has 3 rings (SSSR count). The number of carbonyl (C=O) groups excluding carboxylic acids is 2. The standard InChI is InChI=1S/C14H10Cl4O6/c15-9-7(13(19)23-3-5-1-21-5)8(10(16)12(18)11(9)17)14(20)24-4-6-2-22-6/h5-6H,1-4H2. The van der Waals surface area contributed by atoms with Crippen LogP contribution in [-0.4, -0.2) is 50.6 Å². The third-order valence-electron chi connectivity index (χ3n) is 3.28. The van der Waals surface area contributed by atoms with Crippen LogP contribution in [0.25, 0.3) is 0 Å². The molecule has 2 atom stereocenters. The molecule has 10 heteroatoms. The first kappa shape index (κ1) is 18.0. The van der Waals surface area contributed by atoms with Crippen molar-refractivity contribution < 1.29 is 28.5 Å². The number of halogens is 4. The minimum atomic E-state index is -0.870. The second-order valence-electron chi connectivity index (χ2n) is 5.11. The summed E-state index contributed by atoms with van der Waals surface area (Å²) in [6, 6.07) is 0. The maximum absolute atomic E-state index is 12.3. The fraction of sp³-hybridized carbons (Fsp3) is 0.429. The van der Waals surface area contributed by atoms with E-state index < -0.39 is 11.9 Å². The predicted molar refractivity (Wildman–Crippen MR) is 86.5 cm³/mol. The number of rotatable bonds is 6. The summed E-state index contributed by atoms with van der Waals surface area (Å²) in [7, 11) is 0. The molecular weight excluding hydrogens is 406 g/mol. The number of epoxide rings is 2. The number of carbonyl (C=O) groups is 2. The van der Waals surface area contributed by atoms with E-state index in [1.165, 1.54) is 0 Å². The van der Waals surface area contributed by atoms with Crippen LogP contribution in [0.15, 0.2) is 0 Å². The lowest BCUT2D eigenvalue weighted by atomic mass is 10.1. The van der Waals surface area contributed by atoms with E-state index in [0.29, 0.717) is 13.2 Å². The molecule has 1 aromatic rings. The smallest absolute Gasteiger partial charge is 0.340 e. The van der Waals surface area contributed by atoms with E-state index in [0.717, 1.165) is 0 Å². The van der Waals surface area contributed by atoms with Gasteiger partial charge in [0.25, 0.3) is 0 Å². The minimum Gasteiger partial charge on any atom is -0.459 e. The average Bonchev–Trinajstić information content (AvgIpc) is 3.45. The van der Waals surface area contributed by atoms with E-state index in [-0.39, 0.29) is 56.6 Å². The van der Waals surface area contributed by atoms with Crippen molar-refractivity contribution in [1.29, 1.82) is 0 Å². The fourth-order valence-corrected chi connectivity index (χ4v) is 2.83. The van der Waals surface area contributed by atoms with Gasteiger partial charge in [-0.3, -0.25) is 0 Å². The summed E-state index contributed by atoms with van der Waals surface area (Å²) in [5.41, 5.74) is -0.586. The number of benzene rings is 1. The first-order chi connectivity index (χ1) is 11.4. The van der Waals surface area contributed by atoms with Crippen LogP contribution in [0.3, 0.4) is 0 Å². The van der Waals surface area contributed by atoms with Crippen LogP contribution in [0, 0.1) is 0 Å². The van der Waals surface area contributed by atoms with Crippen LogP contribution in [0.2, 0.25) is 20.1 Å². The Morgan fingerprint density at radius 1 is 0.792 bits per heavy atom. The third-order valence-corrected chi connectivity index (χ3v) is 5.08. The molecule has 24 heavy (non-hydrogen) atoms. The molecule has 2 fully saturated rings. The van der Waals surface area contributed by atoms with Gasteiger partial charge in [-0.15, -0.1) is 0 Å². The highest BCUT2D eigenvalue weighted by molar-refractivity contribution is 6.54. The Labute approximate surface area is 156 Å². The van der Waals surface area contributed by atoms with E-state index >= 15 is 0 Å². The Balaban J connectivity index is 1.92. The first-order valence-corrected chi connectivity index (χ1v) is 8.34. The Bertz CT molecular complexity index is 640. The Kier molecular flexibility index (Phi) is 5.44. The van der Waals surface area contributed by atoms with Crippen molar-refractivity contribution in [3.63, 3.8) is 0 Å². The summed E-state index contributed by atoms with van der Waals surface area (Å²) in [6.07, 6.45) is -0.318. The van der Waals surface area contributed by atoms with Gasteiger partial charge in [-0.25, -0.2) is 9.59 Å². The number of hydrogen-bond acceptors (Lipinski definition) is 6. The molecule has 0 amide bonds. The summed E-state index contributed by atoms with van der Waals surface area (Å²) in [5.74, 6) is -1.74. The van der Waals surface area contributed by atoms with E-state index in [4.69, 9.17) is 65.4 Å². The lowest BCUT2D eigenvalue weighted by Gasteiger charge is -2.15. The lowest BCUT2D eigenvalue weighted by Crippen LogP contribution is -2.19. The molecule has 2 aliphatic heterocycles. The molecule has 130 valence electrons. The van der Waals surface area contributed by atoms with Crippen molar-refractivity contribution in [2.45, 2.75) is 12.2 Å². The zero-order valence-corrected chi connectivity index (χ0v) is 15.0. The quantitative estimate of drug-likeness (QED) is 0.306. The van der Waals surface area contributed by atoms with Crippen LogP contribution < -0.4 is 0 Å². The van der Waals surface area contributed by atoms with Gasteiger partial charge in [0.2, 0.25) is 0 Å². The van der Waals surface area contributed by atoms with E-state index in [1.807, 2.05) is 0 Å². The highest BCUT2D eigenvalue weighted by atomic mass is 35.5. The molecule has 0 radical (unpaired) electrons. The molecule has 0 saturated carbocycles. The van der Waals surface area contributed by atoms with Crippen molar-refractivity contribution >= 4 is 58.3 Å². The molecule has 2 aliphatic rings. The monoisotopic (exact) mass is 414 g/mol. The second kappa shape index (κ2) is 7.23. The van der Waals surface area contributed by atoms with Crippen LogP contribution in [-0.2, 0) is 18.9 Å². The van der Waals surface area contributed by atoms with Crippen molar-refractivity contribution in [3.05, 3.63) is 31.2 Å². The van der Waals surface area contributed by atoms with Crippen LogP contribution in [0.4, 0.5) is 0 Å². The van der Waals surface area contributed by atoms with Gasteiger partial charge in [0.05, 0.1) is 44.4 Å². The van der Waals surface area contributed by atoms with Gasteiger partial charge in [-0.05, 0) is 0 Å². The molecule has 0 aromatic heterocycles. The van der Waals surface area contributed by atoms with Gasteiger partial charge < -0.3 is 18.9 Å². The number of hydrogen-bond donors (Lipinski definition) is 0. The van der Waals surface area contributed by atoms with Crippen molar-refractivity contribution in [2.24, 2.45) is 0 Å². The summed E-state index contributed by atoms with van der Waals surface area (Å²) >= 11 is 24.1. The molecule has 6 nitrogen and oxygen atoms in total. The Morgan fingerprint density at radius 2 is 1.12 bits per heavy atom. The average molecular weight is 416 g/mol. The highest BCUT2D eigenvalue weighted by Crippen LogP contribution is 2.42. The second-order valence-corrected chi connectivity index (χ2v) is 6.63. The molecule has 1 aromatic carbocycles. The molecule has 0 N–H and O–H groups in total. The summed E-state index contributed by atoms with van der Waals surface area (Å²) in [4.78, 5) is 24.7. The normalized spacial score (nSPS) is 21.3. The molecule has 2 heterocycles. The summed E-state index contributed by atoms with van der Waals surface area (Å²) < 4.78 is 20.0. The molecular formula is C14H10Cl4O6. The van der Waals surface area contributed by atoms with Crippen molar-refractivity contribution in [1.82, 2.24) is 0 Å². The molecule has 2 saturated heterocycles. The SMILES string of the molecule is O=C(OCC1CO1)c1c(Cl)c(Cl)c(Cl)c(Cl)c1C(=O)OCC1CO1. The summed E-state index contributed by atoms with van der Waals surface area (Å²) in [6.45, 7) is 1.05. The third kappa shape index (κ3) is 3.90. The van der Waals surface area contributed by atoms with Crippen molar-refractivity contribution in [3.8, 4) is 0 Å². The van der Waals surface area contributed by atoms with Crippen LogP contribution in [0.5, 0.6) is 0 Å². The van der Waals surface area contributed by atoms with E-state index in [1.54, 1.807) is 0 Å². The Morgan fingerprint density at radius 3 is 1.42 bits per heavy atom. The van der Waals surface area contributed by atoms with Crippen LogP contribution in [0.1, 0.15) is 20.7 Å². The first-order valence-electron chi connectivity index (χ1n) is 6.83. The predicted octanol–water partition coefficient (Wildman–Crippen LogP) is 3.41. The zero-order chi connectivity index (χ0) is 17.4. The molecule has 2 unspecified atom stereocenters. The molecule has 0 aliphatic carbocycles. The maximum Gasteiger partial charge on any atom is 0.340 e. The molecule has 0 bridgehead atoms. The highest BCUT2D eigenvalue weighted by Gasteiger charge is 2.33.